The van der Waals surface area contributed by atoms with Gasteiger partial charge < -0.3 is 11.1 Å². The molecule has 1 aliphatic rings. The van der Waals surface area contributed by atoms with Crippen molar-refractivity contribution >= 4 is 17.6 Å². The highest BCUT2D eigenvalue weighted by atomic mass is 35.5. The molecule has 0 aromatic carbocycles. The topological polar surface area (TPSA) is 119 Å². The van der Waals surface area contributed by atoms with Crippen molar-refractivity contribution in [2.45, 2.75) is 6.54 Å². The molecule has 8 nitrogen and oxygen atoms in total. The Morgan fingerprint density at radius 1 is 1.56 bits per heavy atom. The molecule has 18 heavy (non-hydrogen) atoms. The summed E-state index contributed by atoms with van der Waals surface area (Å²) < 4.78 is 0. The number of hydrogen-bond acceptors (Lipinski definition) is 6. The number of halogens is 1. The molecule has 0 fully saturated rings. The van der Waals surface area contributed by atoms with E-state index < -0.39 is 5.03 Å². The van der Waals surface area contributed by atoms with Crippen LogP contribution in [0, 0.1) is 10.1 Å². The van der Waals surface area contributed by atoms with E-state index in [-0.39, 0.29) is 12.1 Å². The van der Waals surface area contributed by atoms with Gasteiger partial charge in [-0.3, -0.25) is 0 Å². The van der Waals surface area contributed by atoms with Gasteiger partial charge in [0.15, 0.2) is 5.03 Å². The molecule has 2 rings (SSSR count). The van der Waals surface area contributed by atoms with Crippen molar-refractivity contribution < 1.29 is 5.03 Å². The quantitative estimate of drug-likeness (QED) is 0.478. The lowest BCUT2D eigenvalue weighted by Crippen LogP contribution is -2.40. The highest BCUT2D eigenvalue weighted by Gasteiger charge is 2.20. The summed E-state index contributed by atoms with van der Waals surface area (Å²) in [4.78, 5) is 20.1. The van der Waals surface area contributed by atoms with E-state index in [4.69, 9.17) is 11.6 Å². The Bertz CT molecular complexity index is 449. The van der Waals surface area contributed by atoms with Crippen molar-refractivity contribution in [2.75, 3.05) is 13.1 Å². The second kappa shape index (κ2) is 6.12. The molecule has 4 N–H and O–H groups in total. The number of pyridine rings is 1. The van der Waals surface area contributed by atoms with Gasteiger partial charge in [-0.05, 0) is 11.6 Å². The van der Waals surface area contributed by atoms with Crippen LogP contribution in [-0.2, 0) is 6.54 Å². The van der Waals surface area contributed by atoms with Crippen molar-refractivity contribution in [1.82, 2.24) is 21.5 Å². The minimum atomic E-state index is -0.614. The third-order valence-corrected chi connectivity index (χ3v) is 2.51. The summed E-state index contributed by atoms with van der Waals surface area (Å²) in [5.74, 6) is 0.282. The number of hydrogen-bond donors (Lipinski definition) is 2. The van der Waals surface area contributed by atoms with Gasteiger partial charge in [0.1, 0.15) is 5.15 Å². The van der Waals surface area contributed by atoms with E-state index in [9.17, 15) is 10.1 Å². The maximum absolute atomic E-state index is 10.4. The third-order valence-electron chi connectivity index (χ3n) is 2.28. The second-order valence-corrected chi connectivity index (χ2v) is 3.87. The van der Waals surface area contributed by atoms with Gasteiger partial charge in [-0.1, -0.05) is 23.1 Å². The van der Waals surface area contributed by atoms with E-state index in [2.05, 4.69) is 15.4 Å². The number of nitrogens with one attached hydrogen (secondary N) is 1. The van der Waals surface area contributed by atoms with Crippen LogP contribution in [-0.4, -0.2) is 34.0 Å². The molecule has 0 bridgehead atoms. The summed E-state index contributed by atoms with van der Waals surface area (Å²) in [5, 5.41) is 10.2. The van der Waals surface area contributed by atoms with E-state index in [0.29, 0.717) is 24.8 Å². The number of aliphatic imine (C=N–C) groups is 1. The number of rotatable bonds is 3. The average Bonchev–Trinajstić information content (AvgIpc) is 2.68. The first-order valence-electron chi connectivity index (χ1n) is 4.96. The Kier molecular flexibility index (Phi) is 4.81. The largest absolute Gasteiger partial charge is 0.344 e. The molecule has 1 aliphatic heterocycles. The van der Waals surface area contributed by atoms with Gasteiger partial charge in [0.2, 0.25) is 0 Å². The van der Waals surface area contributed by atoms with Crippen LogP contribution < -0.4 is 11.6 Å². The molecule has 0 unspecified atom stereocenters. The predicted octanol–water partition coefficient (Wildman–Crippen LogP) is 0.850. The Morgan fingerprint density at radius 2 is 2.33 bits per heavy atom. The van der Waals surface area contributed by atoms with E-state index in [1.807, 2.05) is 6.07 Å². The van der Waals surface area contributed by atoms with E-state index in [1.54, 1.807) is 17.2 Å². The van der Waals surface area contributed by atoms with Crippen LogP contribution in [0.2, 0.25) is 5.15 Å². The van der Waals surface area contributed by atoms with Gasteiger partial charge in [0, 0.05) is 19.3 Å². The fourth-order valence-corrected chi connectivity index (χ4v) is 1.66. The molecular weight excluding hydrogens is 260 g/mol. The number of hydrazine groups is 1. The minimum Gasteiger partial charge on any atom is -0.344 e. The van der Waals surface area contributed by atoms with Crippen molar-refractivity contribution in [3.05, 3.63) is 39.2 Å². The lowest BCUT2D eigenvalue weighted by molar-refractivity contribution is -0.526. The number of guanidine groups is 1. The predicted molar refractivity (Wildman–Crippen MR) is 67.1 cm³/mol. The molecule has 1 aromatic heterocycles. The minimum absolute atomic E-state index is 0. The molecule has 0 radical (unpaired) electrons. The summed E-state index contributed by atoms with van der Waals surface area (Å²) in [6, 6.07) is 3.52. The normalized spacial score (nSPS) is 13.8. The number of aromatic nitrogens is 1. The maximum Gasteiger partial charge on any atom is 0.257 e. The fraction of sp³-hybridized carbons (Fsp3) is 0.333. The van der Waals surface area contributed by atoms with Crippen molar-refractivity contribution in [3.8, 4) is 0 Å². The van der Waals surface area contributed by atoms with Gasteiger partial charge in [-0.25, -0.2) is 20.1 Å². The third kappa shape index (κ3) is 3.54. The molecule has 2 heterocycles. The molecule has 0 saturated heterocycles. The zero-order valence-electron chi connectivity index (χ0n) is 9.54. The van der Waals surface area contributed by atoms with Crippen molar-refractivity contribution in [3.63, 3.8) is 0 Å². The zero-order valence-corrected chi connectivity index (χ0v) is 10.3. The average molecular weight is 273 g/mol. The molecule has 0 aliphatic carbocycles. The van der Waals surface area contributed by atoms with E-state index in [1.165, 1.54) is 0 Å². The molecule has 1 aromatic rings. The van der Waals surface area contributed by atoms with E-state index >= 15 is 0 Å². The molecule has 9 heteroatoms. The van der Waals surface area contributed by atoms with Crippen LogP contribution in [0.15, 0.2) is 23.3 Å². The molecule has 0 spiro atoms. The first-order valence-corrected chi connectivity index (χ1v) is 5.34. The van der Waals surface area contributed by atoms with Crippen LogP contribution in [0.3, 0.4) is 0 Å². The summed E-state index contributed by atoms with van der Waals surface area (Å²) in [6.07, 6.45) is 1.64. The smallest absolute Gasteiger partial charge is 0.257 e. The van der Waals surface area contributed by atoms with Gasteiger partial charge in [0.25, 0.3) is 5.96 Å². The Balaban J connectivity index is 0.00000162. The second-order valence-electron chi connectivity index (χ2n) is 3.48. The van der Waals surface area contributed by atoms with Crippen LogP contribution in [0.5, 0.6) is 0 Å². The highest BCUT2D eigenvalue weighted by molar-refractivity contribution is 6.29. The summed E-state index contributed by atoms with van der Waals surface area (Å²) in [7, 11) is 0. The highest BCUT2D eigenvalue weighted by Crippen LogP contribution is 2.10. The van der Waals surface area contributed by atoms with Crippen molar-refractivity contribution in [2.24, 2.45) is 4.99 Å². The standard InChI is InChI=1S/C9H10ClN5O2.H3N/c10-8-2-1-7(5-12-8)6-14-4-3-11-9(14)13-15(16)17;/h1-2,5H,3-4,6H2,(H,11,13);1H3. The monoisotopic (exact) mass is 272 g/mol. The maximum atomic E-state index is 10.4. The summed E-state index contributed by atoms with van der Waals surface area (Å²) >= 11 is 5.68. The van der Waals surface area contributed by atoms with Gasteiger partial charge >= 0.3 is 0 Å². The first-order chi connectivity index (χ1) is 8.15. The molecule has 98 valence electrons. The SMILES string of the molecule is N.O=[N+]([O-])NC1=NCCN1Cc1ccc(Cl)nc1. The zero-order chi connectivity index (χ0) is 12.3. The van der Waals surface area contributed by atoms with Gasteiger partial charge in [0.05, 0.1) is 6.54 Å². The number of nitrogens with zero attached hydrogens (tertiary/aromatic N) is 4. The van der Waals surface area contributed by atoms with Crippen LogP contribution in [0.1, 0.15) is 5.56 Å². The Hall–Kier alpha value is -1.93. The lowest BCUT2D eigenvalue weighted by atomic mass is 10.3. The van der Waals surface area contributed by atoms with E-state index in [0.717, 1.165) is 5.56 Å². The van der Waals surface area contributed by atoms with Crippen molar-refractivity contribution in [1.29, 1.82) is 0 Å². The first kappa shape index (κ1) is 14.1. The number of nitro groups is 1. The fourth-order valence-electron chi connectivity index (χ4n) is 1.54. The van der Waals surface area contributed by atoms with Crippen LogP contribution in [0.25, 0.3) is 0 Å². The Morgan fingerprint density at radius 3 is 2.94 bits per heavy atom. The molecule has 0 amide bonds. The molecule has 0 saturated carbocycles. The van der Waals surface area contributed by atoms with Gasteiger partial charge in [-0.15, -0.1) is 0 Å². The summed E-state index contributed by atoms with van der Waals surface area (Å²) in [6.45, 7) is 1.72. The van der Waals surface area contributed by atoms with Crippen LogP contribution >= 0.6 is 11.6 Å². The lowest BCUT2D eigenvalue weighted by Gasteiger charge is -2.17. The molecular formula is C9H13ClN6O2. The molecule has 0 atom stereocenters. The summed E-state index contributed by atoms with van der Waals surface area (Å²) in [5.41, 5.74) is 3.00. The van der Waals surface area contributed by atoms with Crippen LogP contribution in [0.4, 0.5) is 0 Å². The van der Waals surface area contributed by atoms with Gasteiger partial charge in [-0.2, -0.15) is 0 Å². The Labute approximate surface area is 108 Å².